The van der Waals surface area contributed by atoms with E-state index < -0.39 is 17.6 Å². The predicted molar refractivity (Wildman–Crippen MR) is 149 cm³/mol. The van der Waals surface area contributed by atoms with Gasteiger partial charge in [-0.25, -0.2) is 13.6 Å². The van der Waals surface area contributed by atoms with Crippen molar-refractivity contribution in [2.75, 3.05) is 44.8 Å². The minimum Gasteiger partial charge on any atom is -0.495 e. The van der Waals surface area contributed by atoms with Crippen LogP contribution in [0.4, 0.5) is 19.4 Å². The maximum absolute atomic E-state index is 15.7. The number of alkyl halides is 1. The van der Waals surface area contributed by atoms with Crippen LogP contribution >= 0.6 is 15.9 Å². The predicted octanol–water partition coefficient (Wildman–Crippen LogP) is 5.08. The highest BCUT2D eigenvalue weighted by atomic mass is 79.9. The summed E-state index contributed by atoms with van der Waals surface area (Å²) in [4.78, 5) is 28.4. The van der Waals surface area contributed by atoms with Crippen LogP contribution in [0.2, 0.25) is 0 Å². The highest BCUT2D eigenvalue weighted by molar-refractivity contribution is 9.10. The quantitative estimate of drug-likeness (QED) is 0.456. The number of methoxy groups -OCH3 is 1. The van der Waals surface area contributed by atoms with Crippen LogP contribution in [0.15, 0.2) is 10.5 Å². The molecule has 0 N–H and O–H groups in total. The van der Waals surface area contributed by atoms with Crippen LogP contribution in [-0.4, -0.2) is 95.2 Å². The number of ether oxygens (including phenoxy) is 3. The third-order valence-corrected chi connectivity index (χ3v) is 9.37. The molecule has 40 heavy (non-hydrogen) atoms. The standard InChI is InChI=1S/C28H36BrF2N5O4/c1-27(2,3)40-26(37)36-17-6-7-18(36)14-34(13-17)24-19-10-20(38-4)21(29)22(31)23(19)32-25(33-24)39-15-28-8-5-9-35(28)12-16(30)11-28/h10,16-18H,5-9,11-15H2,1-4H3/t16-,17?,18?,28+/m1/s1. The third-order valence-electron chi connectivity index (χ3n) is 8.63. The number of rotatable bonds is 5. The molecule has 0 spiro atoms. The minimum absolute atomic E-state index is 0.0592. The van der Waals surface area contributed by atoms with Crippen molar-refractivity contribution in [3.63, 3.8) is 0 Å². The lowest BCUT2D eigenvalue weighted by Crippen LogP contribution is -2.57. The van der Waals surface area contributed by atoms with Gasteiger partial charge in [-0.3, -0.25) is 9.80 Å². The van der Waals surface area contributed by atoms with Crippen molar-refractivity contribution in [1.82, 2.24) is 19.8 Å². The van der Waals surface area contributed by atoms with Gasteiger partial charge in [0.2, 0.25) is 0 Å². The van der Waals surface area contributed by atoms with E-state index >= 15 is 4.39 Å². The molecule has 12 heteroatoms. The number of hydrogen-bond donors (Lipinski definition) is 0. The number of amides is 1. The lowest BCUT2D eigenvalue weighted by Gasteiger charge is -2.42. The van der Waals surface area contributed by atoms with Crippen molar-refractivity contribution >= 4 is 38.7 Å². The molecule has 0 saturated carbocycles. The van der Waals surface area contributed by atoms with Gasteiger partial charge in [0.05, 0.1) is 29.2 Å². The molecule has 1 amide bonds. The van der Waals surface area contributed by atoms with E-state index in [0.717, 1.165) is 32.2 Å². The summed E-state index contributed by atoms with van der Waals surface area (Å²) in [7, 11) is 1.48. The molecule has 4 aliphatic rings. The van der Waals surface area contributed by atoms with Gasteiger partial charge in [0.15, 0.2) is 5.82 Å². The fourth-order valence-corrected chi connectivity index (χ4v) is 7.40. The molecule has 6 rings (SSSR count). The Morgan fingerprint density at radius 1 is 1.20 bits per heavy atom. The Balaban J connectivity index is 1.34. The zero-order valence-electron chi connectivity index (χ0n) is 23.4. The number of anilines is 1. The van der Waals surface area contributed by atoms with Gasteiger partial charge in [-0.05, 0) is 75.0 Å². The lowest BCUT2D eigenvalue weighted by molar-refractivity contribution is 0.0122. The molecule has 4 aliphatic heterocycles. The van der Waals surface area contributed by atoms with Crippen LogP contribution in [0, 0.1) is 5.82 Å². The molecule has 218 valence electrons. The Labute approximate surface area is 241 Å². The topological polar surface area (TPSA) is 80.3 Å². The second kappa shape index (κ2) is 10.1. The Morgan fingerprint density at radius 3 is 2.60 bits per heavy atom. The molecule has 4 atom stereocenters. The van der Waals surface area contributed by atoms with Crippen molar-refractivity contribution in [2.45, 2.75) is 82.3 Å². The van der Waals surface area contributed by atoms with E-state index in [-0.39, 0.29) is 46.3 Å². The van der Waals surface area contributed by atoms with Crippen LogP contribution in [0.25, 0.3) is 10.9 Å². The summed E-state index contributed by atoms with van der Waals surface area (Å²) in [5.41, 5.74) is -0.847. The number of carbonyl (C=O) groups excluding carboxylic acids is 1. The van der Waals surface area contributed by atoms with E-state index in [4.69, 9.17) is 19.2 Å². The van der Waals surface area contributed by atoms with Gasteiger partial charge in [0.1, 0.15) is 35.5 Å². The molecular weight excluding hydrogens is 588 g/mol. The van der Waals surface area contributed by atoms with Crippen molar-refractivity contribution < 1.29 is 27.8 Å². The maximum Gasteiger partial charge on any atom is 0.410 e. The van der Waals surface area contributed by atoms with Crippen LogP contribution in [0.5, 0.6) is 11.8 Å². The molecule has 1 aromatic carbocycles. The summed E-state index contributed by atoms with van der Waals surface area (Å²) in [6, 6.07) is 1.67. The first-order valence-electron chi connectivity index (χ1n) is 14.0. The Morgan fingerprint density at radius 2 is 1.93 bits per heavy atom. The van der Waals surface area contributed by atoms with Crippen LogP contribution in [0.3, 0.4) is 0 Å². The number of nitrogens with zero attached hydrogens (tertiary/aromatic N) is 5. The van der Waals surface area contributed by atoms with Gasteiger partial charge in [-0.15, -0.1) is 0 Å². The van der Waals surface area contributed by atoms with E-state index in [1.165, 1.54) is 7.11 Å². The number of piperazine rings is 1. The van der Waals surface area contributed by atoms with Gasteiger partial charge in [0.25, 0.3) is 0 Å². The highest BCUT2D eigenvalue weighted by Gasteiger charge is 2.50. The van der Waals surface area contributed by atoms with Crippen LogP contribution < -0.4 is 14.4 Å². The van der Waals surface area contributed by atoms with E-state index in [9.17, 15) is 9.18 Å². The molecule has 2 bridgehead atoms. The molecule has 4 saturated heterocycles. The zero-order valence-corrected chi connectivity index (χ0v) is 25.0. The summed E-state index contributed by atoms with van der Waals surface area (Å²) in [6.45, 7) is 8.13. The van der Waals surface area contributed by atoms with Crippen molar-refractivity contribution in [2.24, 2.45) is 0 Å². The molecule has 4 fully saturated rings. The zero-order chi connectivity index (χ0) is 28.4. The monoisotopic (exact) mass is 623 g/mol. The van der Waals surface area contributed by atoms with Gasteiger partial charge >= 0.3 is 12.1 Å². The van der Waals surface area contributed by atoms with Gasteiger partial charge in [-0.1, -0.05) is 0 Å². The van der Waals surface area contributed by atoms with E-state index in [2.05, 4.69) is 30.7 Å². The summed E-state index contributed by atoms with van der Waals surface area (Å²) in [5, 5.41) is 0.500. The lowest BCUT2D eigenvalue weighted by atomic mass is 9.95. The fraction of sp³-hybridized carbons (Fsp3) is 0.679. The third kappa shape index (κ3) is 4.84. The van der Waals surface area contributed by atoms with Crippen LogP contribution in [-0.2, 0) is 4.74 Å². The molecule has 1 aromatic heterocycles. The van der Waals surface area contributed by atoms with Crippen molar-refractivity contribution in [3.05, 3.63) is 16.4 Å². The maximum atomic E-state index is 15.7. The van der Waals surface area contributed by atoms with E-state index in [0.29, 0.717) is 43.0 Å². The molecule has 0 radical (unpaired) electrons. The molecule has 5 heterocycles. The van der Waals surface area contributed by atoms with Gasteiger partial charge in [0, 0.05) is 31.4 Å². The molecule has 2 unspecified atom stereocenters. The number of carbonyl (C=O) groups is 1. The summed E-state index contributed by atoms with van der Waals surface area (Å²) >= 11 is 3.30. The molecule has 0 aliphatic carbocycles. The summed E-state index contributed by atoms with van der Waals surface area (Å²) in [5.74, 6) is 0.295. The molecule has 2 aromatic rings. The Bertz CT molecular complexity index is 1310. The number of aromatic nitrogens is 2. The average molecular weight is 625 g/mol. The van der Waals surface area contributed by atoms with Crippen molar-refractivity contribution in [3.8, 4) is 11.8 Å². The number of halogens is 3. The largest absolute Gasteiger partial charge is 0.495 e. The second-order valence-corrected chi connectivity index (χ2v) is 13.3. The van der Waals surface area contributed by atoms with Crippen molar-refractivity contribution in [1.29, 1.82) is 0 Å². The van der Waals surface area contributed by atoms with E-state index in [1.807, 2.05) is 25.7 Å². The van der Waals surface area contributed by atoms with E-state index in [1.54, 1.807) is 6.07 Å². The summed E-state index contributed by atoms with van der Waals surface area (Å²) in [6.07, 6.45) is 2.76. The first-order valence-corrected chi connectivity index (χ1v) is 14.8. The number of hydrogen-bond acceptors (Lipinski definition) is 8. The average Bonchev–Trinajstić information content (AvgIpc) is 3.50. The van der Waals surface area contributed by atoms with Gasteiger partial charge < -0.3 is 19.1 Å². The molecule has 9 nitrogen and oxygen atoms in total. The van der Waals surface area contributed by atoms with Gasteiger partial charge in [-0.2, -0.15) is 9.97 Å². The first kappa shape index (κ1) is 27.7. The number of fused-ring (bicyclic) bond motifs is 4. The summed E-state index contributed by atoms with van der Waals surface area (Å²) < 4.78 is 47.4. The fourth-order valence-electron chi connectivity index (χ4n) is 6.93. The SMILES string of the molecule is COc1cc2c(N3CC4CCC(C3)N4C(=O)OC(C)(C)C)nc(OC[C@@]34CCCN3C[C@H](F)C4)nc2c(F)c1Br. The minimum atomic E-state index is -0.880. The normalized spacial score (nSPS) is 28.3. The molecular formula is C28H36BrF2N5O4. The Hall–Kier alpha value is -2.47. The Kier molecular flexibility index (Phi) is 7.00. The van der Waals surface area contributed by atoms with Crippen LogP contribution in [0.1, 0.15) is 52.9 Å². The first-order chi connectivity index (χ1) is 19.0. The smallest absolute Gasteiger partial charge is 0.410 e. The second-order valence-electron chi connectivity index (χ2n) is 12.5. The highest BCUT2D eigenvalue weighted by Crippen LogP contribution is 2.42. The number of benzene rings is 1.